The molecular weight excluding hydrogens is 414 g/mol. The molecule has 0 unspecified atom stereocenters. The minimum atomic E-state index is 0. The highest BCUT2D eigenvalue weighted by molar-refractivity contribution is 5.97. The number of benzene rings is 3. The summed E-state index contributed by atoms with van der Waals surface area (Å²) in [5.74, 6) is 1.73. The molecule has 0 bridgehead atoms. The molecule has 7 heteroatoms. The van der Waals surface area contributed by atoms with E-state index in [0.29, 0.717) is 17.2 Å². The van der Waals surface area contributed by atoms with Gasteiger partial charge in [0, 0.05) is 34.6 Å². The predicted octanol–water partition coefficient (Wildman–Crippen LogP) is 5.62. The number of hydrogen-bond donors (Lipinski definition) is 1. The van der Waals surface area contributed by atoms with Gasteiger partial charge in [-0.05, 0) is 29.3 Å². The average Bonchev–Trinajstić information content (AvgIpc) is 3.44. The van der Waals surface area contributed by atoms with E-state index in [1.165, 1.54) is 10.9 Å². The van der Waals surface area contributed by atoms with Crippen molar-refractivity contribution >= 4 is 34.2 Å². The molecular formula is C24H22ClN3O3. The summed E-state index contributed by atoms with van der Waals surface area (Å²) in [6, 6.07) is 18.6. The summed E-state index contributed by atoms with van der Waals surface area (Å²) < 4.78 is 18.4. The second-order valence-electron chi connectivity index (χ2n) is 6.96. The number of ether oxygens (including phenoxy) is 3. The van der Waals surface area contributed by atoms with Crippen LogP contribution in [0.4, 0.5) is 0 Å². The Bertz CT molecular complexity index is 1350. The Balaban J connectivity index is 0.00000231. The minimum absolute atomic E-state index is 0. The monoisotopic (exact) mass is 435 g/mol. The fourth-order valence-electron chi connectivity index (χ4n) is 3.92. The molecule has 0 spiro atoms. The SMILES string of the molecule is COc1cc(-n2ncc3ccc(-c4cccc5[nH]ccc45)cc32)cc(OC)c1OC.Cl. The number of fused-ring (bicyclic) bond motifs is 2. The molecule has 0 atom stereocenters. The lowest BCUT2D eigenvalue weighted by molar-refractivity contribution is 0.324. The fraction of sp³-hybridized carbons (Fsp3) is 0.125. The van der Waals surface area contributed by atoms with Crippen LogP contribution in [0.15, 0.2) is 67.0 Å². The first kappa shape index (κ1) is 20.6. The van der Waals surface area contributed by atoms with Crippen molar-refractivity contribution in [2.24, 2.45) is 0 Å². The molecule has 2 aromatic heterocycles. The number of nitrogens with zero attached hydrogens (tertiary/aromatic N) is 2. The Kier molecular flexibility index (Phi) is 5.48. The second kappa shape index (κ2) is 8.24. The van der Waals surface area contributed by atoms with Crippen molar-refractivity contribution in [1.82, 2.24) is 14.8 Å². The maximum atomic E-state index is 5.51. The molecule has 0 saturated heterocycles. The summed E-state index contributed by atoms with van der Waals surface area (Å²) in [4.78, 5) is 3.28. The van der Waals surface area contributed by atoms with Crippen LogP contribution in [0.3, 0.4) is 0 Å². The first-order valence-electron chi connectivity index (χ1n) is 9.58. The van der Waals surface area contributed by atoms with Gasteiger partial charge in [-0.2, -0.15) is 5.10 Å². The van der Waals surface area contributed by atoms with Gasteiger partial charge in [0.1, 0.15) is 0 Å². The Labute approximate surface area is 185 Å². The zero-order valence-corrected chi connectivity index (χ0v) is 18.2. The van der Waals surface area contributed by atoms with Gasteiger partial charge < -0.3 is 19.2 Å². The van der Waals surface area contributed by atoms with Crippen LogP contribution in [0.2, 0.25) is 0 Å². The van der Waals surface area contributed by atoms with Gasteiger partial charge in [0.05, 0.1) is 38.7 Å². The van der Waals surface area contributed by atoms with E-state index >= 15 is 0 Å². The van der Waals surface area contributed by atoms with E-state index in [9.17, 15) is 0 Å². The lowest BCUT2D eigenvalue weighted by Crippen LogP contribution is -2.01. The Morgan fingerprint density at radius 2 is 1.65 bits per heavy atom. The lowest BCUT2D eigenvalue weighted by Gasteiger charge is -2.14. The molecule has 31 heavy (non-hydrogen) atoms. The fourth-order valence-corrected chi connectivity index (χ4v) is 3.92. The van der Waals surface area contributed by atoms with Crippen LogP contribution in [0.1, 0.15) is 0 Å². The third-order valence-corrected chi connectivity index (χ3v) is 5.37. The number of nitrogens with one attached hydrogen (secondary N) is 1. The number of halogens is 1. The number of H-pyrrole nitrogens is 1. The number of aromatic nitrogens is 3. The summed E-state index contributed by atoms with van der Waals surface area (Å²) in [6.07, 6.45) is 3.83. The van der Waals surface area contributed by atoms with E-state index < -0.39 is 0 Å². The van der Waals surface area contributed by atoms with Gasteiger partial charge in [0.25, 0.3) is 0 Å². The molecule has 0 saturated carbocycles. The van der Waals surface area contributed by atoms with E-state index in [-0.39, 0.29) is 12.4 Å². The van der Waals surface area contributed by atoms with E-state index in [1.54, 1.807) is 21.3 Å². The van der Waals surface area contributed by atoms with Gasteiger partial charge in [-0.1, -0.05) is 24.3 Å². The maximum absolute atomic E-state index is 5.51. The van der Waals surface area contributed by atoms with Crippen LogP contribution in [0.5, 0.6) is 17.2 Å². The van der Waals surface area contributed by atoms with Crippen LogP contribution in [-0.2, 0) is 0 Å². The van der Waals surface area contributed by atoms with Crippen molar-refractivity contribution in [2.75, 3.05) is 21.3 Å². The molecule has 0 aliphatic carbocycles. The highest BCUT2D eigenvalue weighted by Crippen LogP contribution is 2.40. The average molecular weight is 436 g/mol. The molecule has 1 N–H and O–H groups in total. The summed E-state index contributed by atoms with van der Waals surface area (Å²) >= 11 is 0. The van der Waals surface area contributed by atoms with Gasteiger partial charge in [0.2, 0.25) is 5.75 Å². The number of hydrogen-bond acceptors (Lipinski definition) is 4. The number of methoxy groups -OCH3 is 3. The minimum Gasteiger partial charge on any atom is -0.493 e. The standard InChI is InChI=1S/C24H21N3O3.ClH/c1-28-22-12-17(13-23(29-2)24(22)30-3)27-21-11-15(7-8-16(21)14-26-27)18-5-4-6-20-19(18)9-10-25-20;/h4-14,25H,1-3H3;1H. The van der Waals surface area contributed by atoms with Crippen LogP contribution in [0, 0.1) is 0 Å². The van der Waals surface area contributed by atoms with Gasteiger partial charge in [-0.3, -0.25) is 0 Å². The molecule has 0 radical (unpaired) electrons. The molecule has 0 aliphatic rings. The van der Waals surface area contributed by atoms with Crippen LogP contribution < -0.4 is 14.2 Å². The number of rotatable bonds is 5. The van der Waals surface area contributed by atoms with E-state index in [1.807, 2.05) is 29.2 Å². The highest BCUT2D eigenvalue weighted by atomic mass is 35.5. The van der Waals surface area contributed by atoms with Crippen molar-refractivity contribution in [3.05, 3.63) is 67.0 Å². The van der Waals surface area contributed by atoms with Gasteiger partial charge >= 0.3 is 0 Å². The molecule has 0 fully saturated rings. The molecule has 3 aromatic carbocycles. The molecule has 5 aromatic rings. The van der Waals surface area contributed by atoms with Crippen LogP contribution >= 0.6 is 12.4 Å². The summed E-state index contributed by atoms with van der Waals surface area (Å²) in [7, 11) is 4.81. The van der Waals surface area contributed by atoms with Crippen molar-refractivity contribution in [2.45, 2.75) is 0 Å². The molecule has 5 rings (SSSR count). The molecule has 6 nitrogen and oxygen atoms in total. The van der Waals surface area contributed by atoms with E-state index in [2.05, 4.69) is 52.5 Å². The van der Waals surface area contributed by atoms with Crippen molar-refractivity contribution < 1.29 is 14.2 Å². The Morgan fingerprint density at radius 1 is 0.871 bits per heavy atom. The van der Waals surface area contributed by atoms with Crippen LogP contribution in [0.25, 0.3) is 38.6 Å². The molecule has 0 aliphatic heterocycles. The third-order valence-electron chi connectivity index (χ3n) is 5.37. The second-order valence-corrected chi connectivity index (χ2v) is 6.96. The zero-order chi connectivity index (χ0) is 20.7. The largest absolute Gasteiger partial charge is 0.493 e. The van der Waals surface area contributed by atoms with Crippen molar-refractivity contribution in [3.8, 4) is 34.1 Å². The summed E-state index contributed by atoms with van der Waals surface area (Å²) in [5.41, 5.74) is 5.24. The smallest absolute Gasteiger partial charge is 0.203 e. The third kappa shape index (κ3) is 3.35. The lowest BCUT2D eigenvalue weighted by atomic mass is 10.0. The summed E-state index contributed by atoms with van der Waals surface area (Å²) in [5, 5.41) is 6.86. The first-order valence-corrected chi connectivity index (χ1v) is 9.58. The Morgan fingerprint density at radius 3 is 2.35 bits per heavy atom. The quantitative estimate of drug-likeness (QED) is 0.389. The van der Waals surface area contributed by atoms with Crippen molar-refractivity contribution in [1.29, 1.82) is 0 Å². The first-order chi connectivity index (χ1) is 14.7. The van der Waals surface area contributed by atoms with Crippen molar-refractivity contribution in [3.63, 3.8) is 0 Å². The van der Waals surface area contributed by atoms with Gasteiger partial charge in [0.15, 0.2) is 11.5 Å². The Hall–Kier alpha value is -3.64. The molecule has 2 heterocycles. The normalized spacial score (nSPS) is 10.8. The molecule has 0 amide bonds. The summed E-state index contributed by atoms with van der Waals surface area (Å²) in [6.45, 7) is 0. The predicted molar refractivity (Wildman–Crippen MR) is 125 cm³/mol. The van der Waals surface area contributed by atoms with E-state index in [4.69, 9.17) is 14.2 Å². The number of aromatic amines is 1. The van der Waals surface area contributed by atoms with Gasteiger partial charge in [-0.25, -0.2) is 4.68 Å². The molecule has 158 valence electrons. The topological polar surface area (TPSA) is 61.3 Å². The highest BCUT2D eigenvalue weighted by Gasteiger charge is 2.16. The van der Waals surface area contributed by atoms with E-state index in [0.717, 1.165) is 27.7 Å². The van der Waals surface area contributed by atoms with Gasteiger partial charge in [-0.15, -0.1) is 12.4 Å². The maximum Gasteiger partial charge on any atom is 0.203 e. The van der Waals surface area contributed by atoms with Crippen LogP contribution in [-0.4, -0.2) is 36.1 Å². The zero-order valence-electron chi connectivity index (χ0n) is 17.4.